The predicted octanol–water partition coefficient (Wildman–Crippen LogP) is 1.72. The van der Waals surface area contributed by atoms with Crippen LogP contribution in [0.3, 0.4) is 0 Å². The van der Waals surface area contributed by atoms with Gasteiger partial charge in [-0.2, -0.15) is 0 Å². The Bertz CT molecular complexity index is 772. The van der Waals surface area contributed by atoms with E-state index in [1.807, 2.05) is 28.9 Å². The molecule has 0 unspecified atom stereocenters. The fraction of sp³-hybridized carbons (Fsp3) is 0.579. The number of rotatable bonds is 5. The molecule has 146 valence electrons. The van der Waals surface area contributed by atoms with E-state index in [1.165, 1.54) is 0 Å². The van der Waals surface area contributed by atoms with Crippen LogP contribution in [0.25, 0.3) is 0 Å². The second-order valence-electron chi connectivity index (χ2n) is 8.01. The molecule has 0 aliphatic carbocycles. The molecule has 1 amide bonds. The highest BCUT2D eigenvalue weighted by Crippen LogP contribution is 2.33. The molecular weight excluding hydrogens is 344 g/mol. The first-order valence-corrected chi connectivity index (χ1v) is 9.27. The number of nitrogens with zero attached hydrogens (tertiary/aromatic N) is 5. The highest BCUT2D eigenvalue weighted by molar-refractivity contribution is 5.76. The van der Waals surface area contributed by atoms with E-state index in [0.29, 0.717) is 0 Å². The number of hydrogen-bond acceptors (Lipinski definition) is 6. The first-order valence-electron chi connectivity index (χ1n) is 9.27. The van der Waals surface area contributed by atoms with Gasteiger partial charge in [0.2, 0.25) is 5.91 Å². The summed E-state index contributed by atoms with van der Waals surface area (Å²) in [5.41, 5.74) is 6.35. The van der Waals surface area contributed by atoms with E-state index in [1.54, 1.807) is 7.11 Å². The van der Waals surface area contributed by atoms with Gasteiger partial charge in [-0.1, -0.05) is 12.1 Å². The summed E-state index contributed by atoms with van der Waals surface area (Å²) in [5, 5.41) is 12.5. The molecule has 0 spiro atoms. The van der Waals surface area contributed by atoms with Gasteiger partial charge in [0.25, 0.3) is 0 Å². The van der Waals surface area contributed by atoms with Crippen LogP contribution in [0, 0.1) is 5.92 Å². The van der Waals surface area contributed by atoms with Crippen LogP contribution in [0.15, 0.2) is 24.3 Å². The number of aromatic nitrogens is 4. The lowest BCUT2D eigenvalue weighted by atomic mass is 9.93. The molecule has 8 heteroatoms. The first-order chi connectivity index (χ1) is 12.8. The van der Waals surface area contributed by atoms with Gasteiger partial charge in [-0.25, -0.2) is 4.68 Å². The van der Waals surface area contributed by atoms with Crippen molar-refractivity contribution in [1.82, 2.24) is 25.1 Å². The number of nitrogens with two attached hydrogens (primary N) is 1. The Morgan fingerprint density at radius 2 is 1.85 bits per heavy atom. The SMILES string of the molecule is COc1ccc([C@@H](c2nnnn2C(C)(C)C)N2CCC(C(N)=O)CC2)cc1. The lowest BCUT2D eigenvalue weighted by Crippen LogP contribution is -2.42. The van der Waals surface area contributed by atoms with Crippen LogP contribution in [0.2, 0.25) is 0 Å². The summed E-state index contributed by atoms with van der Waals surface area (Å²) >= 11 is 0. The van der Waals surface area contributed by atoms with Crippen molar-refractivity contribution >= 4 is 5.91 Å². The van der Waals surface area contributed by atoms with Gasteiger partial charge >= 0.3 is 0 Å². The van der Waals surface area contributed by atoms with E-state index in [9.17, 15) is 4.79 Å². The molecular formula is C19H28N6O2. The van der Waals surface area contributed by atoms with Crippen LogP contribution < -0.4 is 10.5 Å². The number of carbonyl (C=O) groups excluding carboxylic acids is 1. The Kier molecular flexibility index (Phi) is 5.46. The van der Waals surface area contributed by atoms with Crippen molar-refractivity contribution in [2.45, 2.75) is 45.2 Å². The molecule has 1 aromatic heterocycles. The van der Waals surface area contributed by atoms with E-state index < -0.39 is 0 Å². The molecule has 2 aromatic rings. The molecule has 1 aliphatic heterocycles. The minimum absolute atomic E-state index is 0.0589. The highest BCUT2D eigenvalue weighted by atomic mass is 16.5. The Labute approximate surface area is 159 Å². The number of carbonyl (C=O) groups is 1. The number of likely N-dealkylation sites (tertiary alicyclic amines) is 1. The lowest BCUT2D eigenvalue weighted by Gasteiger charge is -2.37. The highest BCUT2D eigenvalue weighted by Gasteiger charge is 2.34. The number of hydrogen-bond donors (Lipinski definition) is 1. The lowest BCUT2D eigenvalue weighted by molar-refractivity contribution is -0.123. The molecule has 0 saturated carbocycles. The zero-order valence-electron chi connectivity index (χ0n) is 16.4. The van der Waals surface area contributed by atoms with Crippen molar-refractivity contribution in [3.8, 4) is 5.75 Å². The summed E-state index contributed by atoms with van der Waals surface area (Å²) in [7, 11) is 1.65. The van der Waals surface area contributed by atoms with E-state index in [2.05, 4.69) is 41.2 Å². The maximum Gasteiger partial charge on any atom is 0.220 e. The van der Waals surface area contributed by atoms with Crippen LogP contribution in [0.4, 0.5) is 0 Å². The van der Waals surface area contributed by atoms with Crippen LogP contribution in [-0.4, -0.2) is 51.2 Å². The van der Waals surface area contributed by atoms with Crippen LogP contribution in [0.1, 0.15) is 51.0 Å². The maximum atomic E-state index is 11.5. The number of piperidine rings is 1. The fourth-order valence-corrected chi connectivity index (χ4v) is 3.59. The molecule has 1 atom stereocenters. The second kappa shape index (κ2) is 7.64. The second-order valence-corrected chi connectivity index (χ2v) is 8.01. The average molecular weight is 372 g/mol. The number of amides is 1. The van der Waals surface area contributed by atoms with Gasteiger partial charge in [0, 0.05) is 5.92 Å². The van der Waals surface area contributed by atoms with Gasteiger partial charge in [-0.05, 0) is 74.8 Å². The molecule has 3 rings (SSSR count). The van der Waals surface area contributed by atoms with Gasteiger partial charge in [0.05, 0.1) is 18.7 Å². The largest absolute Gasteiger partial charge is 0.497 e. The minimum atomic E-state index is -0.241. The molecule has 1 fully saturated rings. The van der Waals surface area contributed by atoms with Crippen molar-refractivity contribution in [3.05, 3.63) is 35.7 Å². The van der Waals surface area contributed by atoms with Gasteiger partial charge < -0.3 is 10.5 Å². The molecule has 1 aliphatic rings. The smallest absolute Gasteiger partial charge is 0.220 e. The van der Waals surface area contributed by atoms with Crippen molar-refractivity contribution in [2.75, 3.05) is 20.2 Å². The quantitative estimate of drug-likeness (QED) is 0.858. The Balaban J connectivity index is 1.97. The topological polar surface area (TPSA) is 99.2 Å². The molecule has 2 heterocycles. The number of tetrazole rings is 1. The number of benzene rings is 1. The Morgan fingerprint density at radius 3 is 2.37 bits per heavy atom. The standard InChI is InChI=1S/C19H28N6O2/c1-19(2,3)25-18(21-22-23-25)16(13-5-7-15(27-4)8-6-13)24-11-9-14(10-12-24)17(20)26/h5-8,14,16H,9-12H2,1-4H3,(H2,20,26)/t16-/m0/s1. The van der Waals surface area contributed by atoms with E-state index >= 15 is 0 Å². The zero-order valence-corrected chi connectivity index (χ0v) is 16.4. The third-order valence-corrected chi connectivity index (χ3v) is 5.10. The first kappa shape index (κ1) is 19.3. The molecule has 1 saturated heterocycles. The third-order valence-electron chi connectivity index (χ3n) is 5.10. The predicted molar refractivity (Wildman–Crippen MR) is 101 cm³/mol. The summed E-state index contributed by atoms with van der Waals surface area (Å²) in [6, 6.07) is 7.89. The number of ether oxygens (including phenoxy) is 1. The van der Waals surface area contributed by atoms with E-state index in [-0.39, 0.29) is 23.4 Å². The van der Waals surface area contributed by atoms with Gasteiger partial charge in [-0.3, -0.25) is 9.69 Å². The third kappa shape index (κ3) is 4.10. The van der Waals surface area contributed by atoms with Crippen LogP contribution >= 0.6 is 0 Å². The molecule has 2 N–H and O–H groups in total. The van der Waals surface area contributed by atoms with E-state index in [0.717, 1.165) is 43.1 Å². The van der Waals surface area contributed by atoms with Crippen molar-refractivity contribution in [3.63, 3.8) is 0 Å². The number of methoxy groups -OCH3 is 1. The Morgan fingerprint density at radius 1 is 1.22 bits per heavy atom. The van der Waals surface area contributed by atoms with Gasteiger partial charge in [0.1, 0.15) is 5.75 Å². The molecule has 8 nitrogen and oxygen atoms in total. The van der Waals surface area contributed by atoms with E-state index in [4.69, 9.17) is 10.5 Å². The van der Waals surface area contributed by atoms with Crippen molar-refractivity contribution in [2.24, 2.45) is 11.7 Å². The minimum Gasteiger partial charge on any atom is -0.497 e. The fourth-order valence-electron chi connectivity index (χ4n) is 3.59. The molecule has 1 aromatic carbocycles. The normalized spacial score (nSPS) is 17.6. The number of primary amides is 1. The summed E-state index contributed by atoms with van der Waals surface area (Å²) < 4.78 is 7.17. The molecule has 0 radical (unpaired) electrons. The van der Waals surface area contributed by atoms with Crippen molar-refractivity contribution < 1.29 is 9.53 Å². The molecule has 0 bridgehead atoms. The van der Waals surface area contributed by atoms with Gasteiger partial charge in [0.15, 0.2) is 5.82 Å². The van der Waals surface area contributed by atoms with Crippen LogP contribution in [-0.2, 0) is 10.3 Å². The summed E-state index contributed by atoms with van der Waals surface area (Å²) in [6.07, 6.45) is 1.50. The summed E-state index contributed by atoms with van der Waals surface area (Å²) in [6.45, 7) is 7.77. The summed E-state index contributed by atoms with van der Waals surface area (Å²) in [5.74, 6) is 1.33. The monoisotopic (exact) mass is 372 g/mol. The zero-order chi connectivity index (χ0) is 19.6. The Hall–Kier alpha value is -2.48. The maximum absolute atomic E-state index is 11.5. The van der Waals surface area contributed by atoms with Crippen molar-refractivity contribution in [1.29, 1.82) is 0 Å². The average Bonchev–Trinajstić information content (AvgIpc) is 3.13. The van der Waals surface area contributed by atoms with Gasteiger partial charge in [-0.15, -0.1) is 5.10 Å². The van der Waals surface area contributed by atoms with Crippen LogP contribution in [0.5, 0.6) is 5.75 Å². The summed E-state index contributed by atoms with van der Waals surface area (Å²) in [4.78, 5) is 13.9. The molecule has 27 heavy (non-hydrogen) atoms.